The quantitative estimate of drug-likeness (QED) is 0.587. The van der Waals surface area contributed by atoms with E-state index in [0.29, 0.717) is 26.1 Å². The zero-order chi connectivity index (χ0) is 20.3. The fourth-order valence-corrected chi connectivity index (χ4v) is 5.30. The van der Waals surface area contributed by atoms with Crippen molar-refractivity contribution in [1.82, 2.24) is 14.6 Å². The Morgan fingerprint density at radius 2 is 1.83 bits per heavy atom. The summed E-state index contributed by atoms with van der Waals surface area (Å²) < 4.78 is 26.9. The molecule has 0 radical (unpaired) electrons. The number of sulfonamides is 1. The summed E-state index contributed by atoms with van der Waals surface area (Å²) in [5.41, 5.74) is 4.25. The summed E-state index contributed by atoms with van der Waals surface area (Å²) in [4.78, 5) is 15.4. The van der Waals surface area contributed by atoms with E-state index in [-0.39, 0.29) is 18.1 Å². The van der Waals surface area contributed by atoms with Gasteiger partial charge in [-0.25, -0.2) is 8.42 Å². The number of rotatable bonds is 7. The Morgan fingerprint density at radius 1 is 1.07 bits per heavy atom. The molecule has 0 saturated carbocycles. The van der Waals surface area contributed by atoms with Gasteiger partial charge in [-0.1, -0.05) is 42.5 Å². The van der Waals surface area contributed by atoms with Crippen molar-refractivity contribution in [3.63, 3.8) is 0 Å². The lowest BCUT2D eigenvalue weighted by atomic mass is 10.0. The highest BCUT2D eigenvalue weighted by atomic mass is 32.2. The molecule has 0 unspecified atom stereocenters. The minimum atomic E-state index is -3.33. The summed E-state index contributed by atoms with van der Waals surface area (Å²) in [7, 11) is -3.33. The van der Waals surface area contributed by atoms with E-state index in [1.165, 1.54) is 5.56 Å². The van der Waals surface area contributed by atoms with E-state index in [2.05, 4.69) is 16.4 Å². The van der Waals surface area contributed by atoms with Crippen LogP contribution in [0, 0.1) is 0 Å². The van der Waals surface area contributed by atoms with Gasteiger partial charge in [-0.3, -0.25) is 4.79 Å². The fourth-order valence-electron chi connectivity index (χ4n) is 3.83. The second-order valence-corrected chi connectivity index (χ2v) is 9.50. The van der Waals surface area contributed by atoms with Crippen LogP contribution in [0.4, 0.5) is 0 Å². The monoisotopic (exact) mass is 411 g/mol. The molecule has 4 rings (SSSR count). The van der Waals surface area contributed by atoms with Crippen molar-refractivity contribution in [2.24, 2.45) is 0 Å². The van der Waals surface area contributed by atoms with Crippen LogP contribution in [-0.2, 0) is 34.2 Å². The maximum atomic E-state index is 12.7. The lowest BCUT2D eigenvalue weighted by Crippen LogP contribution is -2.38. The van der Waals surface area contributed by atoms with Crippen molar-refractivity contribution < 1.29 is 13.2 Å². The molecule has 6 nitrogen and oxygen atoms in total. The molecular formula is C22H25N3O3S. The molecule has 2 N–H and O–H groups in total. The van der Waals surface area contributed by atoms with E-state index in [1.54, 1.807) is 4.31 Å². The number of para-hydroxylation sites is 1. The van der Waals surface area contributed by atoms with Gasteiger partial charge in [-0.2, -0.15) is 4.31 Å². The zero-order valence-corrected chi connectivity index (χ0v) is 17.0. The number of nitrogens with one attached hydrogen (secondary N) is 2. The number of aromatic nitrogens is 1. The van der Waals surface area contributed by atoms with Gasteiger partial charge in [0.2, 0.25) is 15.9 Å². The van der Waals surface area contributed by atoms with E-state index in [1.807, 2.05) is 48.7 Å². The van der Waals surface area contributed by atoms with Crippen molar-refractivity contribution in [3.05, 3.63) is 71.4 Å². The van der Waals surface area contributed by atoms with Crippen LogP contribution in [0.5, 0.6) is 0 Å². The molecule has 0 bridgehead atoms. The third-order valence-electron chi connectivity index (χ3n) is 5.42. The predicted molar refractivity (Wildman–Crippen MR) is 114 cm³/mol. The molecule has 1 aromatic heterocycles. The number of aromatic amines is 1. The highest BCUT2D eigenvalue weighted by Crippen LogP contribution is 2.21. The molecule has 0 atom stereocenters. The molecule has 1 amide bonds. The molecule has 0 aliphatic carbocycles. The minimum absolute atomic E-state index is 0.0442. The highest BCUT2D eigenvalue weighted by Gasteiger charge is 2.26. The molecule has 1 aliphatic rings. The number of fused-ring (bicyclic) bond motifs is 2. The number of nitrogens with zero attached hydrogens (tertiary/aromatic N) is 1. The molecule has 7 heteroatoms. The maximum absolute atomic E-state index is 12.7. The molecule has 3 aromatic rings. The van der Waals surface area contributed by atoms with E-state index in [0.717, 1.165) is 28.5 Å². The maximum Gasteiger partial charge on any atom is 0.224 e. The second kappa shape index (κ2) is 8.39. The first kappa shape index (κ1) is 19.7. The Hall–Kier alpha value is -2.64. The molecule has 0 saturated heterocycles. The summed E-state index contributed by atoms with van der Waals surface area (Å²) in [6, 6.07) is 15.8. The number of carbonyl (C=O) groups excluding carboxylic acids is 1. The SMILES string of the molecule is O=C(Cc1c[nH]c2ccccc12)NCCCS(=O)(=O)N1CCc2ccccc2C1. The van der Waals surface area contributed by atoms with Crippen LogP contribution < -0.4 is 5.32 Å². The van der Waals surface area contributed by atoms with Crippen molar-refractivity contribution in [2.45, 2.75) is 25.8 Å². The molecule has 2 heterocycles. The average molecular weight is 412 g/mol. The molecule has 0 fully saturated rings. The van der Waals surface area contributed by atoms with Crippen molar-refractivity contribution in [3.8, 4) is 0 Å². The number of amides is 1. The van der Waals surface area contributed by atoms with Crippen LogP contribution in [0.2, 0.25) is 0 Å². The number of benzene rings is 2. The average Bonchev–Trinajstić information content (AvgIpc) is 3.14. The van der Waals surface area contributed by atoms with Crippen molar-refractivity contribution in [1.29, 1.82) is 0 Å². The van der Waals surface area contributed by atoms with Gasteiger partial charge in [0.05, 0.1) is 12.2 Å². The minimum Gasteiger partial charge on any atom is -0.361 e. The van der Waals surface area contributed by atoms with Gasteiger partial charge in [-0.15, -0.1) is 0 Å². The normalized spacial score (nSPS) is 14.6. The number of hydrogen-bond donors (Lipinski definition) is 2. The Bertz CT molecular complexity index is 1120. The first-order valence-corrected chi connectivity index (χ1v) is 11.5. The lowest BCUT2D eigenvalue weighted by molar-refractivity contribution is -0.120. The molecule has 1 aliphatic heterocycles. The number of hydrogen-bond acceptors (Lipinski definition) is 3. The Kier molecular flexibility index (Phi) is 5.69. The molecule has 2 aromatic carbocycles. The van der Waals surface area contributed by atoms with Crippen LogP contribution in [0.3, 0.4) is 0 Å². The van der Waals surface area contributed by atoms with Gasteiger partial charge in [0.25, 0.3) is 0 Å². The Morgan fingerprint density at radius 3 is 2.69 bits per heavy atom. The standard InChI is InChI=1S/C22H25N3O3S/c26-22(14-19-15-24-21-9-4-3-8-20(19)21)23-11-5-13-29(27,28)25-12-10-17-6-1-2-7-18(17)16-25/h1-4,6-9,15,24H,5,10-14,16H2,(H,23,26). The molecular weight excluding hydrogens is 386 g/mol. The summed E-state index contributed by atoms with van der Waals surface area (Å²) >= 11 is 0. The van der Waals surface area contributed by atoms with Crippen LogP contribution in [0.1, 0.15) is 23.1 Å². The fraction of sp³-hybridized carbons (Fsp3) is 0.318. The predicted octanol–water partition coefficient (Wildman–Crippen LogP) is 2.60. The van der Waals surface area contributed by atoms with E-state index >= 15 is 0 Å². The van der Waals surface area contributed by atoms with Gasteiger partial charge in [-0.05, 0) is 35.6 Å². The Labute approximate surface area is 171 Å². The van der Waals surface area contributed by atoms with Crippen LogP contribution in [0.15, 0.2) is 54.7 Å². The van der Waals surface area contributed by atoms with Crippen molar-refractivity contribution in [2.75, 3.05) is 18.8 Å². The number of carbonyl (C=O) groups is 1. The van der Waals surface area contributed by atoms with Gasteiger partial charge in [0.15, 0.2) is 0 Å². The summed E-state index contributed by atoms with van der Waals surface area (Å²) in [6.45, 7) is 1.31. The third-order valence-corrected chi connectivity index (χ3v) is 7.32. The molecule has 152 valence electrons. The molecule has 29 heavy (non-hydrogen) atoms. The highest BCUT2D eigenvalue weighted by molar-refractivity contribution is 7.89. The summed E-state index contributed by atoms with van der Waals surface area (Å²) in [5.74, 6) is -0.0539. The van der Waals surface area contributed by atoms with Gasteiger partial charge < -0.3 is 10.3 Å². The topological polar surface area (TPSA) is 82.3 Å². The molecule has 0 spiro atoms. The van der Waals surface area contributed by atoms with Gasteiger partial charge >= 0.3 is 0 Å². The summed E-state index contributed by atoms with van der Waals surface area (Å²) in [6.07, 6.45) is 3.28. The van der Waals surface area contributed by atoms with E-state index < -0.39 is 10.0 Å². The van der Waals surface area contributed by atoms with Crippen molar-refractivity contribution >= 4 is 26.8 Å². The first-order valence-electron chi connectivity index (χ1n) is 9.89. The van der Waals surface area contributed by atoms with Crippen LogP contribution >= 0.6 is 0 Å². The largest absolute Gasteiger partial charge is 0.361 e. The van der Waals surface area contributed by atoms with Crippen LogP contribution in [-0.4, -0.2) is 42.5 Å². The van der Waals surface area contributed by atoms with E-state index in [9.17, 15) is 13.2 Å². The second-order valence-electron chi connectivity index (χ2n) is 7.41. The van der Waals surface area contributed by atoms with Gasteiger partial charge in [0, 0.05) is 36.7 Å². The number of H-pyrrole nitrogens is 1. The Balaban J connectivity index is 1.25. The lowest BCUT2D eigenvalue weighted by Gasteiger charge is -2.28. The van der Waals surface area contributed by atoms with Gasteiger partial charge in [0.1, 0.15) is 0 Å². The van der Waals surface area contributed by atoms with Crippen LogP contribution in [0.25, 0.3) is 10.9 Å². The first-order chi connectivity index (χ1) is 14.0. The van der Waals surface area contributed by atoms with E-state index in [4.69, 9.17) is 0 Å². The summed E-state index contributed by atoms with van der Waals surface area (Å²) in [5, 5.41) is 3.88. The smallest absolute Gasteiger partial charge is 0.224 e. The third kappa shape index (κ3) is 4.52. The zero-order valence-electron chi connectivity index (χ0n) is 16.2.